The maximum Gasteiger partial charge on any atom is 0.321 e. The van der Waals surface area contributed by atoms with Crippen LogP contribution < -0.4 is 10.6 Å². The van der Waals surface area contributed by atoms with Gasteiger partial charge in [-0.2, -0.15) is 0 Å². The highest BCUT2D eigenvalue weighted by Crippen LogP contribution is 2.31. The zero-order valence-electron chi connectivity index (χ0n) is 11.1. The first kappa shape index (κ1) is 15.5. The summed E-state index contributed by atoms with van der Waals surface area (Å²) >= 11 is 1.40. The van der Waals surface area contributed by atoms with Crippen molar-refractivity contribution in [1.82, 2.24) is 10.6 Å². The lowest BCUT2D eigenvalue weighted by Crippen LogP contribution is -2.41. The van der Waals surface area contributed by atoms with Crippen molar-refractivity contribution in [2.24, 2.45) is 0 Å². The molecule has 0 aliphatic rings. The molecule has 4 nitrogen and oxygen atoms in total. The molecule has 19 heavy (non-hydrogen) atoms. The molecule has 0 unspecified atom stereocenters. The number of carbonyl (C=O) groups is 2. The Morgan fingerprint density at radius 1 is 1.21 bits per heavy atom. The Morgan fingerprint density at radius 2 is 1.79 bits per heavy atom. The molecule has 2 atom stereocenters. The predicted octanol–water partition coefficient (Wildman–Crippen LogP) is 2.46. The number of hydrogen-bond acceptors (Lipinski definition) is 3. The van der Waals surface area contributed by atoms with Gasteiger partial charge in [-0.15, -0.1) is 11.8 Å². The quantitative estimate of drug-likeness (QED) is 0.893. The second kappa shape index (κ2) is 7.13. The number of rotatable bonds is 4. The molecular weight excluding hydrogens is 267 g/mol. The topological polar surface area (TPSA) is 58.2 Å². The standard InChI is InChI=1S/C13H17FN2O2S/c1-8(10-4-6-11(14)7-5-10)19-9(2)12(17)16-13(18)15-3/h4-9H,1-3H3,(H2,15,16,17,18)/t8-,9+/m0/s1. The summed E-state index contributed by atoms with van der Waals surface area (Å²) in [5.74, 6) is -0.635. The van der Waals surface area contributed by atoms with E-state index in [2.05, 4.69) is 10.6 Å². The highest BCUT2D eigenvalue weighted by molar-refractivity contribution is 8.00. The molecule has 0 spiro atoms. The third-order valence-electron chi connectivity index (χ3n) is 2.58. The van der Waals surface area contributed by atoms with Crippen molar-refractivity contribution in [3.63, 3.8) is 0 Å². The number of thioether (sulfide) groups is 1. The van der Waals surface area contributed by atoms with Gasteiger partial charge in [-0.3, -0.25) is 10.1 Å². The first-order valence-corrected chi connectivity index (χ1v) is 6.81. The molecule has 3 amide bonds. The molecule has 0 bridgehead atoms. The van der Waals surface area contributed by atoms with Crippen LogP contribution >= 0.6 is 11.8 Å². The normalized spacial score (nSPS) is 13.5. The van der Waals surface area contributed by atoms with Crippen molar-refractivity contribution in [2.75, 3.05) is 7.05 Å². The molecule has 0 radical (unpaired) electrons. The number of carbonyl (C=O) groups excluding carboxylic acids is 2. The summed E-state index contributed by atoms with van der Waals surface area (Å²) in [6, 6.07) is 5.64. The Hall–Kier alpha value is -1.56. The second-order valence-corrected chi connectivity index (χ2v) is 5.73. The van der Waals surface area contributed by atoms with E-state index in [4.69, 9.17) is 0 Å². The number of nitrogens with one attached hydrogen (secondary N) is 2. The van der Waals surface area contributed by atoms with E-state index >= 15 is 0 Å². The Kier molecular flexibility index (Phi) is 5.82. The van der Waals surface area contributed by atoms with Crippen molar-refractivity contribution >= 4 is 23.7 Å². The molecular formula is C13H17FN2O2S. The third kappa shape index (κ3) is 4.90. The fraction of sp³-hybridized carbons (Fsp3) is 0.385. The van der Waals surface area contributed by atoms with Crippen LogP contribution in [0.2, 0.25) is 0 Å². The van der Waals surface area contributed by atoms with E-state index in [9.17, 15) is 14.0 Å². The molecule has 0 saturated heterocycles. The van der Waals surface area contributed by atoms with Gasteiger partial charge in [0.2, 0.25) is 5.91 Å². The van der Waals surface area contributed by atoms with Crippen LogP contribution in [-0.2, 0) is 4.79 Å². The minimum atomic E-state index is -0.521. The molecule has 2 N–H and O–H groups in total. The van der Waals surface area contributed by atoms with E-state index in [-0.39, 0.29) is 22.2 Å². The average Bonchev–Trinajstić information content (AvgIpc) is 2.38. The van der Waals surface area contributed by atoms with Crippen LogP contribution in [-0.4, -0.2) is 24.2 Å². The Bertz CT molecular complexity index is 450. The smallest absolute Gasteiger partial charge is 0.321 e. The Morgan fingerprint density at radius 3 is 2.32 bits per heavy atom. The summed E-state index contributed by atoms with van der Waals surface area (Å²) in [6.45, 7) is 3.66. The van der Waals surface area contributed by atoms with E-state index in [1.807, 2.05) is 6.92 Å². The number of imide groups is 1. The van der Waals surface area contributed by atoms with E-state index < -0.39 is 6.03 Å². The van der Waals surface area contributed by atoms with Gasteiger partial charge < -0.3 is 5.32 Å². The number of hydrogen-bond donors (Lipinski definition) is 2. The lowest BCUT2D eigenvalue weighted by atomic mass is 10.2. The lowest BCUT2D eigenvalue weighted by molar-refractivity contribution is -0.119. The summed E-state index contributed by atoms with van der Waals surface area (Å²) in [4.78, 5) is 22.7. The van der Waals surface area contributed by atoms with Gasteiger partial charge >= 0.3 is 6.03 Å². The molecule has 0 aliphatic heterocycles. The number of urea groups is 1. The van der Waals surface area contributed by atoms with Crippen LogP contribution in [0.15, 0.2) is 24.3 Å². The summed E-state index contributed by atoms with van der Waals surface area (Å²) in [5, 5.41) is 4.20. The highest BCUT2D eigenvalue weighted by Gasteiger charge is 2.19. The summed E-state index contributed by atoms with van der Waals surface area (Å²) in [6.07, 6.45) is 0. The van der Waals surface area contributed by atoms with Gasteiger partial charge in [0.05, 0.1) is 5.25 Å². The van der Waals surface area contributed by atoms with Crippen molar-refractivity contribution in [3.05, 3.63) is 35.6 Å². The van der Waals surface area contributed by atoms with Crippen LogP contribution in [0.25, 0.3) is 0 Å². The van der Waals surface area contributed by atoms with Gasteiger partial charge in [0.25, 0.3) is 0 Å². The highest BCUT2D eigenvalue weighted by atomic mass is 32.2. The SMILES string of the molecule is CNC(=O)NC(=O)[C@@H](C)S[C@@H](C)c1ccc(F)cc1. The lowest BCUT2D eigenvalue weighted by Gasteiger charge is -2.16. The minimum Gasteiger partial charge on any atom is -0.341 e. The number of amides is 3. The van der Waals surface area contributed by atoms with Gasteiger partial charge in [0, 0.05) is 12.3 Å². The average molecular weight is 284 g/mol. The molecule has 0 heterocycles. The number of halogens is 1. The zero-order valence-corrected chi connectivity index (χ0v) is 11.9. The predicted molar refractivity (Wildman–Crippen MR) is 74.5 cm³/mol. The molecule has 0 saturated carbocycles. The van der Waals surface area contributed by atoms with Crippen LogP contribution in [0.1, 0.15) is 24.7 Å². The summed E-state index contributed by atoms with van der Waals surface area (Å²) in [5.41, 5.74) is 0.936. The molecule has 6 heteroatoms. The molecule has 1 aromatic carbocycles. The van der Waals surface area contributed by atoms with Crippen LogP contribution in [0.5, 0.6) is 0 Å². The molecule has 0 aromatic heterocycles. The largest absolute Gasteiger partial charge is 0.341 e. The van der Waals surface area contributed by atoms with Crippen molar-refractivity contribution in [3.8, 4) is 0 Å². The van der Waals surface area contributed by atoms with Gasteiger partial charge in [0.1, 0.15) is 5.82 Å². The van der Waals surface area contributed by atoms with Crippen LogP contribution in [0, 0.1) is 5.82 Å². The first-order valence-electron chi connectivity index (χ1n) is 5.87. The Balaban J connectivity index is 2.56. The zero-order chi connectivity index (χ0) is 14.4. The summed E-state index contributed by atoms with van der Waals surface area (Å²) in [7, 11) is 1.45. The maximum atomic E-state index is 12.8. The van der Waals surface area contributed by atoms with Gasteiger partial charge in [-0.1, -0.05) is 12.1 Å². The number of benzene rings is 1. The van der Waals surface area contributed by atoms with Gasteiger partial charge in [0.15, 0.2) is 0 Å². The molecule has 104 valence electrons. The monoisotopic (exact) mass is 284 g/mol. The maximum absolute atomic E-state index is 12.8. The fourth-order valence-electron chi connectivity index (χ4n) is 1.46. The minimum absolute atomic E-state index is 0.0334. The van der Waals surface area contributed by atoms with Gasteiger partial charge in [-0.25, -0.2) is 9.18 Å². The molecule has 0 fully saturated rings. The van der Waals surface area contributed by atoms with Crippen molar-refractivity contribution in [2.45, 2.75) is 24.3 Å². The molecule has 1 aromatic rings. The second-order valence-electron chi connectivity index (χ2n) is 4.04. The first-order chi connectivity index (χ1) is 8.93. The van der Waals surface area contributed by atoms with Crippen molar-refractivity contribution in [1.29, 1.82) is 0 Å². The fourth-order valence-corrected chi connectivity index (χ4v) is 2.57. The van der Waals surface area contributed by atoms with Crippen LogP contribution in [0.4, 0.5) is 9.18 Å². The summed E-state index contributed by atoms with van der Waals surface area (Å²) < 4.78 is 12.8. The third-order valence-corrected chi connectivity index (χ3v) is 3.88. The van der Waals surface area contributed by atoms with Gasteiger partial charge in [-0.05, 0) is 31.5 Å². The van der Waals surface area contributed by atoms with E-state index in [1.54, 1.807) is 19.1 Å². The van der Waals surface area contributed by atoms with E-state index in [0.717, 1.165) is 5.56 Å². The molecule has 0 aliphatic carbocycles. The van der Waals surface area contributed by atoms with Crippen molar-refractivity contribution < 1.29 is 14.0 Å². The van der Waals surface area contributed by atoms with Crippen LogP contribution in [0.3, 0.4) is 0 Å². The van der Waals surface area contributed by atoms with E-state index in [0.29, 0.717) is 0 Å². The van der Waals surface area contributed by atoms with E-state index in [1.165, 1.54) is 30.9 Å². The Labute approximate surface area is 116 Å². The molecule has 1 rings (SSSR count).